The molecule has 0 bridgehead atoms. The van der Waals surface area contributed by atoms with Gasteiger partial charge in [0, 0.05) is 12.3 Å². The molecule has 0 amide bonds. The minimum absolute atomic E-state index is 0.183. The number of nitrogens with two attached hydrogens (primary N) is 1. The molecule has 3 rings (SSSR count). The maximum Gasteiger partial charge on any atom is 0.205 e. The van der Waals surface area contributed by atoms with E-state index in [2.05, 4.69) is 6.07 Å². The molecule has 20 heavy (non-hydrogen) atoms. The Bertz CT molecular complexity index is 637. The summed E-state index contributed by atoms with van der Waals surface area (Å²) in [5.41, 5.74) is 8.32. The molecular weight excluding hydrogens is 255 g/mol. The molecule has 0 unspecified atom stereocenters. The summed E-state index contributed by atoms with van der Waals surface area (Å²) in [6.45, 7) is 0. The first-order chi connectivity index (χ1) is 9.70. The number of benzene rings is 1. The zero-order valence-corrected chi connectivity index (χ0v) is 11.0. The van der Waals surface area contributed by atoms with Crippen molar-refractivity contribution in [2.45, 2.75) is 31.6 Å². The van der Waals surface area contributed by atoms with Gasteiger partial charge in [0.15, 0.2) is 0 Å². The topological polar surface area (TPSA) is 59.0 Å². The third kappa shape index (κ3) is 2.05. The standard InChI is InChI=1S/C16H15FN2O/c17-11-7-5-10(6-8-11)15-12-3-1-2-4-14(12)20-16(19)13(15)9-18/h5-8,15H,1-4,19H2/t15-/m1/s1. The molecule has 0 fully saturated rings. The first-order valence-electron chi connectivity index (χ1n) is 6.75. The van der Waals surface area contributed by atoms with Crippen LogP contribution < -0.4 is 5.73 Å². The molecule has 2 N–H and O–H groups in total. The molecule has 1 heterocycles. The van der Waals surface area contributed by atoms with Crippen molar-refractivity contribution >= 4 is 0 Å². The number of nitrogens with zero attached hydrogens (tertiary/aromatic N) is 1. The van der Waals surface area contributed by atoms with E-state index >= 15 is 0 Å². The summed E-state index contributed by atoms with van der Waals surface area (Å²) in [6.07, 6.45) is 3.91. The van der Waals surface area contributed by atoms with Crippen LogP contribution >= 0.6 is 0 Å². The van der Waals surface area contributed by atoms with Gasteiger partial charge in [-0.1, -0.05) is 12.1 Å². The van der Waals surface area contributed by atoms with Crippen molar-refractivity contribution in [1.29, 1.82) is 5.26 Å². The maximum atomic E-state index is 13.1. The molecule has 1 aromatic carbocycles. The van der Waals surface area contributed by atoms with Gasteiger partial charge in [-0.2, -0.15) is 5.26 Å². The summed E-state index contributed by atoms with van der Waals surface area (Å²) < 4.78 is 18.7. The van der Waals surface area contributed by atoms with Crippen LogP contribution in [0.1, 0.15) is 37.2 Å². The Morgan fingerprint density at radius 3 is 2.60 bits per heavy atom. The Labute approximate surface area is 117 Å². The Balaban J connectivity index is 2.11. The second kappa shape index (κ2) is 5.01. The number of ether oxygens (including phenoxy) is 1. The van der Waals surface area contributed by atoms with Crippen LogP contribution in [0.2, 0.25) is 0 Å². The predicted molar refractivity (Wildman–Crippen MR) is 72.5 cm³/mol. The molecule has 0 saturated carbocycles. The highest BCUT2D eigenvalue weighted by molar-refractivity contribution is 5.49. The first kappa shape index (κ1) is 12.7. The van der Waals surface area contributed by atoms with Crippen molar-refractivity contribution in [2.24, 2.45) is 5.73 Å². The van der Waals surface area contributed by atoms with E-state index in [4.69, 9.17) is 10.5 Å². The number of nitriles is 1. The Hall–Kier alpha value is -2.28. The van der Waals surface area contributed by atoms with Crippen molar-refractivity contribution in [2.75, 3.05) is 0 Å². The largest absolute Gasteiger partial charge is 0.445 e. The van der Waals surface area contributed by atoms with Crippen LogP contribution in [0.15, 0.2) is 47.1 Å². The molecule has 1 atom stereocenters. The molecule has 3 nitrogen and oxygen atoms in total. The first-order valence-corrected chi connectivity index (χ1v) is 6.75. The van der Waals surface area contributed by atoms with Gasteiger partial charge in [0.25, 0.3) is 0 Å². The predicted octanol–water partition coefficient (Wildman–Crippen LogP) is 3.46. The number of halogens is 1. The molecule has 4 heteroatoms. The van der Waals surface area contributed by atoms with Crippen LogP contribution in [-0.2, 0) is 4.74 Å². The average molecular weight is 270 g/mol. The van der Waals surface area contributed by atoms with Gasteiger partial charge in [-0.25, -0.2) is 4.39 Å². The molecule has 0 aromatic heterocycles. The van der Waals surface area contributed by atoms with Crippen LogP contribution in [0.4, 0.5) is 4.39 Å². The summed E-state index contributed by atoms with van der Waals surface area (Å²) in [5.74, 6) is 0.600. The van der Waals surface area contributed by atoms with E-state index in [0.29, 0.717) is 5.57 Å². The van der Waals surface area contributed by atoms with E-state index in [-0.39, 0.29) is 17.6 Å². The van der Waals surface area contributed by atoms with Crippen LogP contribution in [0.25, 0.3) is 0 Å². The van der Waals surface area contributed by atoms with Gasteiger partial charge < -0.3 is 10.5 Å². The fourth-order valence-electron chi connectivity index (χ4n) is 2.97. The van der Waals surface area contributed by atoms with Gasteiger partial charge in [-0.05, 0) is 42.5 Å². The van der Waals surface area contributed by atoms with E-state index in [1.165, 1.54) is 12.1 Å². The number of allylic oxidation sites excluding steroid dienone is 3. The zero-order chi connectivity index (χ0) is 14.1. The highest BCUT2D eigenvalue weighted by Gasteiger charge is 2.33. The lowest BCUT2D eigenvalue weighted by Crippen LogP contribution is -2.22. The third-order valence-corrected chi connectivity index (χ3v) is 3.92. The summed E-state index contributed by atoms with van der Waals surface area (Å²) in [7, 11) is 0. The lowest BCUT2D eigenvalue weighted by Gasteiger charge is -2.31. The molecule has 102 valence electrons. The van der Waals surface area contributed by atoms with Gasteiger partial charge in [0.1, 0.15) is 23.2 Å². The SMILES string of the molecule is N#CC1=C(N)OC2=C(CCCC2)[C@H]1c1ccc(F)cc1. The van der Waals surface area contributed by atoms with Crippen LogP contribution in [0.5, 0.6) is 0 Å². The van der Waals surface area contributed by atoms with Crippen molar-refractivity contribution in [1.82, 2.24) is 0 Å². The van der Waals surface area contributed by atoms with E-state index < -0.39 is 0 Å². The van der Waals surface area contributed by atoms with Crippen molar-refractivity contribution in [3.8, 4) is 6.07 Å². The van der Waals surface area contributed by atoms with Crippen molar-refractivity contribution in [3.63, 3.8) is 0 Å². The average Bonchev–Trinajstić information content (AvgIpc) is 2.47. The van der Waals surface area contributed by atoms with E-state index in [1.807, 2.05) is 0 Å². The molecule has 1 aliphatic heterocycles. The van der Waals surface area contributed by atoms with Gasteiger partial charge in [-0.15, -0.1) is 0 Å². The van der Waals surface area contributed by atoms with Gasteiger partial charge in [0.05, 0.1) is 0 Å². The van der Waals surface area contributed by atoms with Crippen LogP contribution in [0.3, 0.4) is 0 Å². The molecule has 0 spiro atoms. The molecular formula is C16H15FN2O. The molecule has 0 radical (unpaired) electrons. The maximum absolute atomic E-state index is 13.1. The molecule has 2 aliphatic rings. The fourth-order valence-corrected chi connectivity index (χ4v) is 2.97. The Morgan fingerprint density at radius 1 is 1.20 bits per heavy atom. The Morgan fingerprint density at radius 2 is 1.90 bits per heavy atom. The van der Waals surface area contributed by atoms with Crippen LogP contribution in [0, 0.1) is 17.1 Å². The monoisotopic (exact) mass is 270 g/mol. The summed E-state index contributed by atoms with van der Waals surface area (Å²) >= 11 is 0. The molecule has 1 aromatic rings. The van der Waals surface area contributed by atoms with Crippen molar-refractivity contribution in [3.05, 3.63) is 58.4 Å². The summed E-state index contributed by atoms with van der Waals surface area (Å²) in [4.78, 5) is 0. The lowest BCUT2D eigenvalue weighted by molar-refractivity contribution is 0.251. The van der Waals surface area contributed by atoms with Gasteiger partial charge >= 0.3 is 0 Å². The normalized spacial score (nSPS) is 22.1. The second-order valence-corrected chi connectivity index (χ2v) is 5.13. The second-order valence-electron chi connectivity index (χ2n) is 5.13. The van der Waals surface area contributed by atoms with E-state index in [1.54, 1.807) is 12.1 Å². The number of hydrogen-bond donors (Lipinski definition) is 1. The minimum Gasteiger partial charge on any atom is -0.445 e. The van der Waals surface area contributed by atoms with E-state index in [9.17, 15) is 9.65 Å². The quantitative estimate of drug-likeness (QED) is 0.850. The third-order valence-electron chi connectivity index (χ3n) is 3.92. The highest BCUT2D eigenvalue weighted by Crippen LogP contribution is 2.44. The molecule has 1 aliphatic carbocycles. The smallest absolute Gasteiger partial charge is 0.205 e. The summed E-state index contributed by atoms with van der Waals surface area (Å²) in [5, 5.41) is 9.37. The van der Waals surface area contributed by atoms with Crippen LogP contribution in [-0.4, -0.2) is 0 Å². The Kier molecular flexibility index (Phi) is 3.19. The fraction of sp³-hybridized carbons (Fsp3) is 0.312. The van der Waals surface area contributed by atoms with E-state index in [0.717, 1.165) is 42.6 Å². The van der Waals surface area contributed by atoms with Gasteiger partial charge in [-0.3, -0.25) is 0 Å². The zero-order valence-electron chi connectivity index (χ0n) is 11.0. The highest BCUT2D eigenvalue weighted by atomic mass is 19.1. The minimum atomic E-state index is -0.283. The van der Waals surface area contributed by atoms with Gasteiger partial charge in [0.2, 0.25) is 5.88 Å². The van der Waals surface area contributed by atoms with Crippen molar-refractivity contribution < 1.29 is 9.13 Å². The number of hydrogen-bond acceptors (Lipinski definition) is 3. The lowest BCUT2D eigenvalue weighted by atomic mass is 9.78. The molecule has 0 saturated heterocycles. The number of rotatable bonds is 1. The summed E-state index contributed by atoms with van der Waals surface area (Å²) in [6, 6.07) is 8.42.